The van der Waals surface area contributed by atoms with Crippen LogP contribution in [0.5, 0.6) is 0 Å². The molecule has 0 saturated heterocycles. The summed E-state index contributed by atoms with van der Waals surface area (Å²) in [4.78, 5) is 24.2. The molecule has 5 nitrogen and oxygen atoms in total. The zero-order valence-corrected chi connectivity index (χ0v) is 10.8. The van der Waals surface area contributed by atoms with Gasteiger partial charge in [0.05, 0.1) is 0 Å². The number of carbonyl (C=O) groups is 2. The molecule has 0 saturated carbocycles. The molecule has 0 spiro atoms. The molecule has 0 radical (unpaired) electrons. The van der Waals surface area contributed by atoms with E-state index in [1.807, 2.05) is 6.07 Å². The number of hydrogen-bond donors (Lipinski definition) is 1. The Hall–Kier alpha value is -2.04. The van der Waals surface area contributed by atoms with Crippen LogP contribution in [0.3, 0.4) is 0 Å². The van der Waals surface area contributed by atoms with Gasteiger partial charge in [-0.05, 0) is 32.9 Å². The average molecular weight is 250 g/mol. The van der Waals surface area contributed by atoms with Crippen LogP contribution >= 0.6 is 0 Å². The van der Waals surface area contributed by atoms with E-state index in [0.29, 0.717) is 5.69 Å². The molecular weight excluding hydrogens is 232 g/mol. The molecule has 0 aliphatic rings. The molecule has 0 atom stereocenters. The van der Waals surface area contributed by atoms with Crippen molar-refractivity contribution in [2.45, 2.75) is 26.4 Å². The summed E-state index contributed by atoms with van der Waals surface area (Å²) in [6.07, 6.45) is -0.590. The number of benzene rings is 1. The van der Waals surface area contributed by atoms with Crippen molar-refractivity contribution in [2.75, 3.05) is 11.4 Å². The van der Waals surface area contributed by atoms with E-state index in [4.69, 9.17) is 10.5 Å². The number of nitrogens with two attached hydrogens (primary N) is 1. The van der Waals surface area contributed by atoms with Gasteiger partial charge < -0.3 is 10.5 Å². The van der Waals surface area contributed by atoms with E-state index in [0.717, 1.165) is 0 Å². The van der Waals surface area contributed by atoms with Gasteiger partial charge in [0, 0.05) is 5.69 Å². The highest BCUT2D eigenvalue weighted by Gasteiger charge is 2.24. The van der Waals surface area contributed by atoms with Crippen LogP contribution in [-0.2, 0) is 9.53 Å². The predicted molar refractivity (Wildman–Crippen MR) is 69.2 cm³/mol. The molecule has 0 heterocycles. The largest absolute Gasteiger partial charge is 0.443 e. The van der Waals surface area contributed by atoms with Gasteiger partial charge in [0.25, 0.3) is 0 Å². The molecular formula is C13H18N2O3. The van der Waals surface area contributed by atoms with Crippen molar-refractivity contribution in [3.63, 3.8) is 0 Å². The molecule has 2 N–H and O–H groups in total. The quantitative estimate of drug-likeness (QED) is 0.890. The first-order chi connectivity index (χ1) is 8.29. The number of hydrogen-bond acceptors (Lipinski definition) is 3. The fraction of sp³-hybridized carbons (Fsp3) is 0.385. The highest BCUT2D eigenvalue weighted by molar-refractivity contribution is 5.94. The van der Waals surface area contributed by atoms with E-state index in [2.05, 4.69) is 0 Å². The average Bonchev–Trinajstić information content (AvgIpc) is 2.24. The monoisotopic (exact) mass is 250 g/mol. The second-order valence-corrected chi connectivity index (χ2v) is 4.87. The van der Waals surface area contributed by atoms with Crippen LogP contribution in [0.15, 0.2) is 30.3 Å². The molecule has 1 aromatic carbocycles. The molecule has 5 heteroatoms. The third kappa shape index (κ3) is 4.45. The molecule has 0 aliphatic carbocycles. The molecule has 1 rings (SSSR count). The standard InChI is InChI=1S/C13H18N2O3/c1-13(2,3)18-12(17)15(9-11(14)16)10-7-5-4-6-8-10/h4-8H,9H2,1-3H3,(H2,14,16). The molecule has 0 fully saturated rings. The van der Waals surface area contributed by atoms with E-state index >= 15 is 0 Å². The molecule has 0 bridgehead atoms. The fourth-order valence-electron chi connectivity index (χ4n) is 1.34. The van der Waals surface area contributed by atoms with Gasteiger partial charge in [0.1, 0.15) is 12.1 Å². The van der Waals surface area contributed by atoms with Crippen molar-refractivity contribution >= 4 is 17.7 Å². The van der Waals surface area contributed by atoms with Gasteiger partial charge in [-0.1, -0.05) is 18.2 Å². The van der Waals surface area contributed by atoms with Gasteiger partial charge in [-0.2, -0.15) is 0 Å². The zero-order chi connectivity index (χ0) is 13.8. The van der Waals surface area contributed by atoms with Gasteiger partial charge in [0.15, 0.2) is 0 Å². The summed E-state index contributed by atoms with van der Waals surface area (Å²) >= 11 is 0. The van der Waals surface area contributed by atoms with Crippen molar-refractivity contribution in [2.24, 2.45) is 5.73 Å². The van der Waals surface area contributed by atoms with Crippen molar-refractivity contribution in [1.82, 2.24) is 0 Å². The number of rotatable bonds is 3. The molecule has 0 aliphatic heterocycles. The van der Waals surface area contributed by atoms with Crippen LogP contribution in [0.25, 0.3) is 0 Å². The Kier molecular flexibility index (Phi) is 4.31. The molecule has 0 unspecified atom stereocenters. The highest BCUT2D eigenvalue weighted by Crippen LogP contribution is 2.17. The first-order valence-electron chi connectivity index (χ1n) is 5.63. The minimum absolute atomic E-state index is 0.209. The maximum absolute atomic E-state index is 12.0. The number of amides is 2. The molecule has 1 aromatic rings. The minimum Gasteiger partial charge on any atom is -0.443 e. The van der Waals surface area contributed by atoms with Gasteiger partial charge in [-0.25, -0.2) is 4.79 Å². The summed E-state index contributed by atoms with van der Waals surface area (Å²) in [5, 5.41) is 0. The third-order valence-corrected chi connectivity index (χ3v) is 2.00. The lowest BCUT2D eigenvalue weighted by Crippen LogP contribution is -2.41. The second kappa shape index (κ2) is 5.53. The fourth-order valence-corrected chi connectivity index (χ4v) is 1.34. The summed E-state index contributed by atoms with van der Waals surface area (Å²) in [6, 6.07) is 8.79. The van der Waals surface area contributed by atoms with Gasteiger partial charge >= 0.3 is 6.09 Å². The van der Waals surface area contributed by atoms with Gasteiger partial charge in [0.2, 0.25) is 5.91 Å². The number of anilines is 1. The first-order valence-corrected chi connectivity index (χ1v) is 5.63. The Morgan fingerprint density at radius 2 is 1.78 bits per heavy atom. The lowest BCUT2D eigenvalue weighted by Gasteiger charge is -2.26. The smallest absolute Gasteiger partial charge is 0.415 e. The van der Waals surface area contributed by atoms with Crippen molar-refractivity contribution in [3.05, 3.63) is 30.3 Å². The van der Waals surface area contributed by atoms with Crippen LogP contribution in [0.2, 0.25) is 0 Å². The van der Waals surface area contributed by atoms with Crippen LogP contribution in [0.4, 0.5) is 10.5 Å². The SMILES string of the molecule is CC(C)(C)OC(=O)N(CC(N)=O)c1ccccc1. The Balaban J connectivity index is 2.92. The Bertz CT molecular complexity index is 424. The summed E-state index contributed by atoms with van der Waals surface area (Å²) < 4.78 is 5.23. The number of ether oxygens (including phenoxy) is 1. The second-order valence-electron chi connectivity index (χ2n) is 4.87. The summed E-state index contributed by atoms with van der Waals surface area (Å²) in [7, 11) is 0. The van der Waals surface area contributed by atoms with Crippen LogP contribution in [0, 0.1) is 0 Å². The number of para-hydroxylation sites is 1. The first kappa shape index (κ1) is 14.0. The lowest BCUT2D eigenvalue weighted by molar-refractivity contribution is -0.116. The van der Waals surface area contributed by atoms with E-state index in [1.165, 1.54) is 4.90 Å². The maximum Gasteiger partial charge on any atom is 0.415 e. The predicted octanol–water partition coefficient (Wildman–Crippen LogP) is 1.91. The van der Waals surface area contributed by atoms with E-state index in [-0.39, 0.29) is 6.54 Å². The summed E-state index contributed by atoms with van der Waals surface area (Å²) in [6.45, 7) is 5.08. The van der Waals surface area contributed by atoms with Gasteiger partial charge in [-0.15, -0.1) is 0 Å². The van der Waals surface area contributed by atoms with E-state index < -0.39 is 17.6 Å². The lowest BCUT2D eigenvalue weighted by atomic mass is 10.2. The van der Waals surface area contributed by atoms with Crippen molar-refractivity contribution < 1.29 is 14.3 Å². The van der Waals surface area contributed by atoms with E-state index in [9.17, 15) is 9.59 Å². The zero-order valence-electron chi connectivity index (χ0n) is 10.8. The normalized spacial score (nSPS) is 10.8. The van der Waals surface area contributed by atoms with Crippen LogP contribution in [0.1, 0.15) is 20.8 Å². The highest BCUT2D eigenvalue weighted by atomic mass is 16.6. The maximum atomic E-state index is 12.0. The van der Waals surface area contributed by atoms with E-state index in [1.54, 1.807) is 45.0 Å². The molecule has 2 amide bonds. The molecule has 18 heavy (non-hydrogen) atoms. The van der Waals surface area contributed by atoms with Crippen molar-refractivity contribution in [1.29, 1.82) is 0 Å². The minimum atomic E-state index is -0.623. The third-order valence-electron chi connectivity index (χ3n) is 2.00. The Morgan fingerprint density at radius 3 is 2.22 bits per heavy atom. The number of carbonyl (C=O) groups excluding carboxylic acids is 2. The summed E-state index contributed by atoms with van der Waals surface area (Å²) in [5.74, 6) is -0.593. The number of primary amides is 1. The Labute approximate surface area is 107 Å². The van der Waals surface area contributed by atoms with Crippen LogP contribution in [-0.4, -0.2) is 24.1 Å². The van der Waals surface area contributed by atoms with Gasteiger partial charge in [-0.3, -0.25) is 9.69 Å². The van der Waals surface area contributed by atoms with Crippen molar-refractivity contribution in [3.8, 4) is 0 Å². The molecule has 0 aromatic heterocycles. The summed E-state index contributed by atoms with van der Waals surface area (Å²) in [5.41, 5.74) is 5.10. The molecule has 98 valence electrons. The van der Waals surface area contributed by atoms with Crippen LogP contribution < -0.4 is 10.6 Å². The topological polar surface area (TPSA) is 72.6 Å². The number of nitrogens with zero attached hydrogens (tertiary/aromatic N) is 1. The Morgan fingerprint density at radius 1 is 1.22 bits per heavy atom.